The molecule has 0 saturated carbocycles. The van der Waals surface area contributed by atoms with Gasteiger partial charge in [-0.25, -0.2) is 4.39 Å². The Balaban J connectivity index is 3.25. The van der Waals surface area contributed by atoms with Crippen LogP contribution >= 0.6 is 0 Å². The maximum Gasteiger partial charge on any atom is 0.126 e. The monoisotopic (exact) mass is 181 g/mol. The number of rotatable bonds is 2. The van der Waals surface area contributed by atoms with Crippen LogP contribution in [0.1, 0.15) is 52.0 Å². The average molecular weight is 181 g/mol. The maximum atomic E-state index is 13.6. The molecule has 0 amide bonds. The van der Waals surface area contributed by atoms with E-state index in [4.69, 9.17) is 1.37 Å². The Labute approximate surface area is 81.2 Å². The van der Waals surface area contributed by atoms with Gasteiger partial charge in [0.05, 0.1) is 1.37 Å². The van der Waals surface area contributed by atoms with E-state index in [1.165, 1.54) is 0 Å². The molecule has 0 aromatic heterocycles. The molecule has 0 aliphatic rings. The van der Waals surface area contributed by atoms with Crippen molar-refractivity contribution in [1.29, 1.82) is 0 Å². The summed E-state index contributed by atoms with van der Waals surface area (Å²) in [5.41, 5.74) is 1.42. The minimum atomic E-state index is -0.240. The van der Waals surface area contributed by atoms with Crippen LogP contribution in [-0.2, 0) is 0 Å². The van der Waals surface area contributed by atoms with E-state index in [0.717, 1.165) is 5.56 Å². The van der Waals surface area contributed by atoms with Gasteiger partial charge in [0.2, 0.25) is 0 Å². The van der Waals surface area contributed by atoms with Crippen LogP contribution in [0, 0.1) is 5.82 Å². The first kappa shape index (κ1) is 8.74. The zero-order valence-corrected chi connectivity index (χ0v) is 8.69. The first-order valence-corrected chi connectivity index (χ1v) is 4.73. The summed E-state index contributed by atoms with van der Waals surface area (Å²) in [6.45, 7) is 7.82. The van der Waals surface area contributed by atoms with Crippen molar-refractivity contribution in [3.63, 3.8) is 0 Å². The predicted octanol–water partition coefficient (Wildman–Crippen LogP) is 4.07. The van der Waals surface area contributed by atoms with Gasteiger partial charge in [-0.1, -0.05) is 39.8 Å². The van der Waals surface area contributed by atoms with Crippen LogP contribution in [-0.4, -0.2) is 0 Å². The van der Waals surface area contributed by atoms with Crippen molar-refractivity contribution in [3.8, 4) is 0 Å². The molecule has 0 nitrogen and oxygen atoms in total. The standard InChI is InChI=1S/C12H17F/c1-8(2)10-5-6-11(9(3)4)12(13)7-10/h5-9H,1-4H3/i6D. The van der Waals surface area contributed by atoms with Gasteiger partial charge in [-0.05, 0) is 29.0 Å². The number of benzene rings is 1. The van der Waals surface area contributed by atoms with E-state index < -0.39 is 0 Å². The topological polar surface area (TPSA) is 0 Å². The molecule has 0 radical (unpaired) electrons. The fourth-order valence-corrected chi connectivity index (χ4v) is 1.27. The highest BCUT2D eigenvalue weighted by atomic mass is 19.1. The van der Waals surface area contributed by atoms with Crippen molar-refractivity contribution in [2.24, 2.45) is 0 Å². The van der Waals surface area contributed by atoms with Crippen LogP contribution in [0.3, 0.4) is 0 Å². The Morgan fingerprint density at radius 3 is 2.23 bits per heavy atom. The maximum absolute atomic E-state index is 13.6. The quantitative estimate of drug-likeness (QED) is 0.645. The van der Waals surface area contributed by atoms with E-state index in [1.54, 1.807) is 12.1 Å². The Bertz CT molecular complexity index is 306. The lowest BCUT2D eigenvalue weighted by Gasteiger charge is -2.10. The average Bonchev–Trinajstić information content (AvgIpc) is 2.01. The lowest BCUT2D eigenvalue weighted by molar-refractivity contribution is 0.594. The van der Waals surface area contributed by atoms with Gasteiger partial charge in [-0.3, -0.25) is 0 Å². The molecule has 0 aliphatic heterocycles. The van der Waals surface area contributed by atoms with Crippen LogP contribution in [0.2, 0.25) is 0 Å². The highest BCUT2D eigenvalue weighted by Gasteiger charge is 2.08. The van der Waals surface area contributed by atoms with E-state index in [9.17, 15) is 4.39 Å². The normalized spacial score (nSPS) is 12.4. The summed E-state index contributed by atoms with van der Waals surface area (Å²) in [5.74, 6) is 0.106. The zero-order chi connectivity index (χ0) is 10.9. The molecule has 0 heterocycles. The lowest BCUT2D eigenvalue weighted by Crippen LogP contribution is -1.96. The first-order valence-electron chi connectivity index (χ1n) is 5.23. The molecular weight excluding hydrogens is 163 g/mol. The zero-order valence-electron chi connectivity index (χ0n) is 9.69. The van der Waals surface area contributed by atoms with Gasteiger partial charge in [-0.2, -0.15) is 0 Å². The molecule has 0 spiro atoms. The molecule has 1 heteroatoms. The summed E-state index contributed by atoms with van der Waals surface area (Å²) in [5, 5.41) is 0. The molecule has 0 bridgehead atoms. The second kappa shape index (κ2) is 3.91. The van der Waals surface area contributed by atoms with Crippen molar-refractivity contribution < 1.29 is 5.76 Å². The third-order valence-electron chi connectivity index (χ3n) is 2.19. The summed E-state index contributed by atoms with van der Waals surface area (Å²) in [4.78, 5) is 0. The summed E-state index contributed by atoms with van der Waals surface area (Å²) in [6.07, 6.45) is 0. The van der Waals surface area contributed by atoms with Gasteiger partial charge in [0.25, 0.3) is 0 Å². The van der Waals surface area contributed by atoms with Gasteiger partial charge in [0.1, 0.15) is 5.82 Å². The van der Waals surface area contributed by atoms with E-state index >= 15 is 0 Å². The van der Waals surface area contributed by atoms with Crippen molar-refractivity contribution >= 4 is 0 Å². The third-order valence-corrected chi connectivity index (χ3v) is 2.19. The third kappa shape index (κ3) is 2.30. The molecule has 0 unspecified atom stereocenters. The van der Waals surface area contributed by atoms with Gasteiger partial charge >= 0.3 is 0 Å². The minimum absolute atomic E-state index is 0.0729. The van der Waals surface area contributed by atoms with Gasteiger partial charge in [-0.15, -0.1) is 0 Å². The first-order chi connectivity index (χ1) is 6.43. The second-order valence-corrected chi connectivity index (χ2v) is 4.00. The molecule has 0 fully saturated rings. The number of halogens is 1. The van der Waals surface area contributed by atoms with E-state index in [-0.39, 0.29) is 17.7 Å². The molecule has 1 rings (SSSR count). The summed E-state index contributed by atoms with van der Waals surface area (Å²) >= 11 is 0. The molecular formula is C12H17F. The largest absolute Gasteiger partial charge is 0.207 e. The van der Waals surface area contributed by atoms with Crippen molar-refractivity contribution in [2.45, 2.75) is 39.5 Å². The molecule has 1 aromatic rings. The minimum Gasteiger partial charge on any atom is -0.207 e. The van der Waals surface area contributed by atoms with Crippen LogP contribution in [0.25, 0.3) is 0 Å². The van der Waals surface area contributed by atoms with E-state index in [2.05, 4.69) is 0 Å². The van der Waals surface area contributed by atoms with Crippen LogP contribution in [0.4, 0.5) is 4.39 Å². The molecule has 72 valence electrons. The van der Waals surface area contributed by atoms with Crippen molar-refractivity contribution in [1.82, 2.24) is 0 Å². The van der Waals surface area contributed by atoms with Gasteiger partial charge in [0, 0.05) is 0 Å². The molecule has 0 N–H and O–H groups in total. The fourth-order valence-electron chi connectivity index (χ4n) is 1.27. The summed E-state index contributed by atoms with van der Waals surface area (Å²) < 4.78 is 21.3. The molecule has 13 heavy (non-hydrogen) atoms. The second-order valence-electron chi connectivity index (χ2n) is 4.00. The predicted molar refractivity (Wildman–Crippen MR) is 54.6 cm³/mol. The number of hydrogen-bond donors (Lipinski definition) is 0. The molecule has 0 aliphatic carbocycles. The van der Waals surface area contributed by atoms with Crippen molar-refractivity contribution in [3.05, 3.63) is 35.1 Å². The van der Waals surface area contributed by atoms with Crippen molar-refractivity contribution in [2.75, 3.05) is 0 Å². The summed E-state index contributed by atoms with van der Waals surface area (Å²) in [6, 6.07) is 3.64. The Morgan fingerprint density at radius 2 is 1.85 bits per heavy atom. The Hall–Kier alpha value is -0.850. The van der Waals surface area contributed by atoms with Crippen LogP contribution in [0.5, 0.6) is 0 Å². The SMILES string of the molecule is [2H]c1cc(C(C)C)cc(F)c1C(C)C. The molecule has 0 saturated heterocycles. The Kier molecular flexibility index (Phi) is 2.62. The smallest absolute Gasteiger partial charge is 0.126 e. The summed E-state index contributed by atoms with van der Waals surface area (Å²) in [7, 11) is 0. The van der Waals surface area contributed by atoms with Crippen LogP contribution < -0.4 is 0 Å². The highest BCUT2D eigenvalue weighted by Crippen LogP contribution is 2.22. The van der Waals surface area contributed by atoms with E-state index in [1.807, 2.05) is 27.7 Å². The van der Waals surface area contributed by atoms with Gasteiger partial charge < -0.3 is 0 Å². The van der Waals surface area contributed by atoms with E-state index in [0.29, 0.717) is 11.6 Å². The lowest BCUT2D eigenvalue weighted by atomic mass is 9.97. The molecule has 1 aromatic carbocycles. The van der Waals surface area contributed by atoms with Crippen LogP contribution in [0.15, 0.2) is 18.2 Å². The highest BCUT2D eigenvalue weighted by molar-refractivity contribution is 5.28. The fraction of sp³-hybridized carbons (Fsp3) is 0.500. The molecule has 0 atom stereocenters. The number of hydrogen-bond acceptors (Lipinski definition) is 0. The Morgan fingerprint density at radius 1 is 1.23 bits per heavy atom. The van der Waals surface area contributed by atoms with Gasteiger partial charge in [0.15, 0.2) is 0 Å².